The standard InChI is InChI=1S/C51H35NO/c1-50(2)42-26-13-14-27-43(42)51(40-24-11-9-20-35(40)36-21-10-12-25-41(36)51)44-29-28-38-37-22-15-23-39(48(37)53-49(38)47(44)50)46-31-34(32-16-5-3-6-17-32)30-45(52-46)33-18-7-4-8-19-33/h3-31H,1-2H3. The minimum Gasteiger partial charge on any atom is -0.455 e. The van der Waals surface area contributed by atoms with Crippen molar-refractivity contribution in [1.82, 2.24) is 4.98 Å². The molecule has 2 aromatic heterocycles. The average Bonchev–Trinajstić information content (AvgIpc) is 3.75. The van der Waals surface area contributed by atoms with Crippen LogP contribution in [-0.4, -0.2) is 4.98 Å². The second-order valence-electron chi connectivity index (χ2n) is 15.0. The third-order valence-corrected chi connectivity index (χ3v) is 11.9. The summed E-state index contributed by atoms with van der Waals surface area (Å²) in [4.78, 5) is 5.31. The number of aromatic nitrogens is 1. The van der Waals surface area contributed by atoms with E-state index in [1.807, 2.05) is 6.07 Å². The van der Waals surface area contributed by atoms with Crippen molar-refractivity contribution in [3.05, 3.63) is 209 Å². The van der Waals surface area contributed by atoms with Crippen molar-refractivity contribution < 1.29 is 4.42 Å². The van der Waals surface area contributed by atoms with Crippen LogP contribution in [0.15, 0.2) is 180 Å². The fourth-order valence-electron chi connectivity index (χ4n) is 9.67. The van der Waals surface area contributed by atoms with E-state index >= 15 is 0 Å². The van der Waals surface area contributed by atoms with Crippen LogP contribution in [0.5, 0.6) is 0 Å². The fraction of sp³-hybridized carbons (Fsp3) is 0.0784. The van der Waals surface area contributed by atoms with E-state index in [-0.39, 0.29) is 5.41 Å². The SMILES string of the molecule is CC1(C)c2ccccc2C2(c3ccccc3-c3ccccc32)c2ccc3c(oc4c(-c5cc(-c6ccccc6)cc(-c6ccccc6)n5)cccc43)c21. The zero-order valence-electron chi connectivity index (χ0n) is 29.6. The summed E-state index contributed by atoms with van der Waals surface area (Å²) >= 11 is 0. The zero-order valence-corrected chi connectivity index (χ0v) is 29.6. The third kappa shape index (κ3) is 4.06. The Hall–Kier alpha value is -6.51. The number of benzene rings is 7. The van der Waals surface area contributed by atoms with Gasteiger partial charge in [0, 0.05) is 32.9 Å². The molecule has 0 atom stereocenters. The van der Waals surface area contributed by atoms with Crippen LogP contribution in [0.4, 0.5) is 0 Å². The first-order valence-corrected chi connectivity index (χ1v) is 18.5. The molecule has 0 N–H and O–H groups in total. The van der Waals surface area contributed by atoms with Gasteiger partial charge in [-0.25, -0.2) is 4.98 Å². The highest BCUT2D eigenvalue weighted by Crippen LogP contribution is 2.63. The molecule has 11 rings (SSSR count). The highest BCUT2D eigenvalue weighted by atomic mass is 16.3. The van der Waals surface area contributed by atoms with Crippen LogP contribution in [0.25, 0.3) is 66.7 Å². The summed E-state index contributed by atoms with van der Waals surface area (Å²) in [5.74, 6) is 0. The molecule has 0 fully saturated rings. The van der Waals surface area contributed by atoms with Crippen LogP contribution in [0.2, 0.25) is 0 Å². The maximum Gasteiger partial charge on any atom is 0.144 e. The number of hydrogen-bond donors (Lipinski definition) is 0. The van der Waals surface area contributed by atoms with E-state index in [9.17, 15) is 0 Å². The normalized spacial score (nSPS) is 14.5. The number of furan rings is 1. The van der Waals surface area contributed by atoms with Crippen LogP contribution in [0.3, 0.4) is 0 Å². The number of rotatable bonds is 3. The van der Waals surface area contributed by atoms with Gasteiger partial charge in [-0.1, -0.05) is 172 Å². The summed E-state index contributed by atoms with van der Waals surface area (Å²) in [6, 6.07) is 63.7. The molecule has 250 valence electrons. The highest BCUT2D eigenvalue weighted by Gasteiger charge is 2.54. The summed E-state index contributed by atoms with van der Waals surface area (Å²) in [6.07, 6.45) is 0. The molecule has 0 saturated carbocycles. The van der Waals surface area contributed by atoms with Gasteiger partial charge >= 0.3 is 0 Å². The molecule has 2 aliphatic carbocycles. The number of nitrogens with zero attached hydrogens (tertiary/aromatic N) is 1. The van der Waals surface area contributed by atoms with Gasteiger partial charge < -0.3 is 4.42 Å². The van der Waals surface area contributed by atoms with E-state index in [0.717, 1.165) is 55.6 Å². The largest absolute Gasteiger partial charge is 0.455 e. The van der Waals surface area contributed by atoms with Crippen LogP contribution >= 0.6 is 0 Å². The summed E-state index contributed by atoms with van der Waals surface area (Å²) in [6.45, 7) is 4.74. The van der Waals surface area contributed by atoms with Gasteiger partial charge in [0.1, 0.15) is 11.2 Å². The average molecular weight is 678 g/mol. The lowest BCUT2D eigenvalue weighted by molar-refractivity contribution is 0.551. The summed E-state index contributed by atoms with van der Waals surface area (Å²) < 4.78 is 7.32. The van der Waals surface area contributed by atoms with E-state index in [1.165, 1.54) is 44.5 Å². The molecule has 0 aliphatic heterocycles. The van der Waals surface area contributed by atoms with E-state index in [2.05, 4.69) is 184 Å². The smallest absolute Gasteiger partial charge is 0.144 e. The summed E-state index contributed by atoms with van der Waals surface area (Å²) in [7, 11) is 0. The lowest BCUT2D eigenvalue weighted by Gasteiger charge is -2.46. The number of pyridine rings is 1. The minimum atomic E-state index is -0.471. The van der Waals surface area contributed by atoms with Gasteiger partial charge in [0.05, 0.1) is 16.8 Å². The molecule has 0 unspecified atom stereocenters. The molecule has 2 nitrogen and oxygen atoms in total. The molecule has 2 heteroatoms. The Morgan fingerprint density at radius 1 is 0.396 bits per heavy atom. The third-order valence-electron chi connectivity index (χ3n) is 11.9. The second kappa shape index (κ2) is 11.0. The van der Waals surface area contributed by atoms with Crippen molar-refractivity contribution in [2.45, 2.75) is 24.7 Å². The Morgan fingerprint density at radius 2 is 0.943 bits per heavy atom. The van der Waals surface area contributed by atoms with Gasteiger partial charge in [-0.3, -0.25) is 0 Å². The van der Waals surface area contributed by atoms with Gasteiger partial charge in [0.15, 0.2) is 0 Å². The molecule has 7 aromatic carbocycles. The Kier molecular flexibility index (Phi) is 6.25. The quantitative estimate of drug-likeness (QED) is 0.186. The van der Waals surface area contributed by atoms with Gasteiger partial charge in [-0.15, -0.1) is 0 Å². The lowest BCUT2D eigenvalue weighted by Crippen LogP contribution is -2.40. The lowest BCUT2D eigenvalue weighted by atomic mass is 9.55. The van der Waals surface area contributed by atoms with Crippen molar-refractivity contribution in [3.8, 4) is 44.8 Å². The fourth-order valence-corrected chi connectivity index (χ4v) is 9.67. The maximum absolute atomic E-state index is 7.32. The zero-order chi connectivity index (χ0) is 35.3. The predicted octanol–water partition coefficient (Wildman–Crippen LogP) is 13.0. The molecular formula is C51H35NO. The molecule has 0 radical (unpaired) electrons. The summed E-state index contributed by atoms with van der Waals surface area (Å²) in [5, 5.41) is 2.23. The van der Waals surface area contributed by atoms with E-state index in [0.29, 0.717) is 0 Å². The molecule has 2 aliphatic rings. The van der Waals surface area contributed by atoms with Gasteiger partial charge in [0.2, 0.25) is 0 Å². The van der Waals surface area contributed by atoms with Crippen molar-refractivity contribution in [2.24, 2.45) is 0 Å². The molecular weight excluding hydrogens is 643 g/mol. The molecule has 0 bridgehead atoms. The van der Waals surface area contributed by atoms with Crippen molar-refractivity contribution in [3.63, 3.8) is 0 Å². The summed E-state index contributed by atoms with van der Waals surface area (Å²) in [5.41, 5.74) is 17.7. The predicted molar refractivity (Wildman–Crippen MR) is 217 cm³/mol. The van der Waals surface area contributed by atoms with Crippen LogP contribution < -0.4 is 0 Å². The molecule has 2 heterocycles. The highest BCUT2D eigenvalue weighted by molar-refractivity contribution is 6.11. The van der Waals surface area contributed by atoms with Crippen molar-refractivity contribution in [1.29, 1.82) is 0 Å². The maximum atomic E-state index is 7.32. The second-order valence-corrected chi connectivity index (χ2v) is 15.0. The Labute approximate surface area is 309 Å². The molecule has 0 amide bonds. The van der Waals surface area contributed by atoms with Gasteiger partial charge in [-0.2, -0.15) is 0 Å². The Balaban J connectivity index is 1.22. The van der Waals surface area contributed by atoms with Crippen LogP contribution in [0.1, 0.15) is 47.2 Å². The monoisotopic (exact) mass is 677 g/mol. The number of fused-ring (bicyclic) bond motifs is 13. The molecule has 0 saturated heterocycles. The Morgan fingerprint density at radius 3 is 1.64 bits per heavy atom. The molecule has 53 heavy (non-hydrogen) atoms. The van der Waals surface area contributed by atoms with Gasteiger partial charge in [-0.05, 0) is 68.3 Å². The van der Waals surface area contributed by atoms with Crippen LogP contribution in [0, 0.1) is 0 Å². The van der Waals surface area contributed by atoms with Gasteiger partial charge in [0.25, 0.3) is 0 Å². The first kappa shape index (κ1) is 30.1. The van der Waals surface area contributed by atoms with Crippen molar-refractivity contribution in [2.75, 3.05) is 0 Å². The van der Waals surface area contributed by atoms with E-state index in [1.54, 1.807) is 0 Å². The van der Waals surface area contributed by atoms with E-state index in [4.69, 9.17) is 9.40 Å². The number of hydrogen-bond acceptors (Lipinski definition) is 2. The molecule has 9 aromatic rings. The van der Waals surface area contributed by atoms with Crippen molar-refractivity contribution >= 4 is 21.9 Å². The first-order chi connectivity index (χ1) is 26.0. The number of para-hydroxylation sites is 1. The minimum absolute atomic E-state index is 0.330. The van der Waals surface area contributed by atoms with Crippen LogP contribution in [-0.2, 0) is 10.8 Å². The first-order valence-electron chi connectivity index (χ1n) is 18.5. The Bertz CT molecular complexity index is 2810. The molecule has 1 spiro atoms. The van der Waals surface area contributed by atoms with E-state index < -0.39 is 5.41 Å². The topological polar surface area (TPSA) is 26.0 Å².